The van der Waals surface area contributed by atoms with Crippen molar-refractivity contribution in [2.75, 3.05) is 6.61 Å². The van der Waals surface area contributed by atoms with E-state index in [0.29, 0.717) is 22.4 Å². The van der Waals surface area contributed by atoms with Crippen LogP contribution in [0.2, 0.25) is 5.02 Å². The number of benzene rings is 1. The first kappa shape index (κ1) is 15.5. The van der Waals surface area contributed by atoms with Crippen molar-refractivity contribution >= 4 is 28.7 Å². The van der Waals surface area contributed by atoms with Crippen molar-refractivity contribution < 1.29 is 9.26 Å². The fraction of sp³-hybridized carbons (Fsp3) is 0.412. The highest BCUT2D eigenvalue weighted by atomic mass is 35.5. The summed E-state index contributed by atoms with van der Waals surface area (Å²) in [5.41, 5.74) is 3.68. The Morgan fingerprint density at radius 1 is 1.41 bits per heavy atom. The molecule has 1 aromatic heterocycles. The fourth-order valence-electron chi connectivity index (χ4n) is 2.45. The van der Waals surface area contributed by atoms with Gasteiger partial charge in [0.25, 0.3) is 0 Å². The van der Waals surface area contributed by atoms with Crippen LogP contribution in [0.3, 0.4) is 0 Å². The third-order valence-electron chi connectivity index (χ3n) is 3.84. The second-order valence-corrected chi connectivity index (χ2v) is 6.43. The first-order chi connectivity index (χ1) is 10.6. The molecule has 0 unspecified atom stereocenters. The van der Waals surface area contributed by atoms with Crippen LogP contribution in [0, 0.1) is 6.92 Å². The van der Waals surface area contributed by atoms with Crippen molar-refractivity contribution in [3.05, 3.63) is 45.8 Å². The standard InChI is InChI=1S/C17H18ClNO2S/c1-3-8-20-16-10(2)14(18)7-6-12(16)17(22)13-9-21-19-15(13)11-4-5-11/h6-7,9,11H,3-5,8H2,1-2H3. The van der Waals surface area contributed by atoms with Crippen LogP contribution in [0.5, 0.6) is 5.75 Å². The summed E-state index contributed by atoms with van der Waals surface area (Å²) in [5.74, 6) is 1.25. The van der Waals surface area contributed by atoms with E-state index in [1.54, 1.807) is 6.26 Å². The van der Waals surface area contributed by atoms with E-state index in [4.69, 9.17) is 33.1 Å². The van der Waals surface area contributed by atoms with Crippen LogP contribution in [0.25, 0.3) is 0 Å². The molecule has 1 aliphatic rings. The third-order valence-corrected chi connectivity index (χ3v) is 4.69. The van der Waals surface area contributed by atoms with Gasteiger partial charge in [0, 0.05) is 22.1 Å². The van der Waals surface area contributed by atoms with Gasteiger partial charge in [0.05, 0.1) is 22.7 Å². The molecular weight excluding hydrogens is 318 g/mol. The van der Waals surface area contributed by atoms with E-state index in [2.05, 4.69) is 12.1 Å². The summed E-state index contributed by atoms with van der Waals surface area (Å²) in [4.78, 5) is 0.717. The predicted octanol–water partition coefficient (Wildman–Crippen LogP) is 5.07. The highest BCUT2D eigenvalue weighted by Gasteiger charge is 2.31. The van der Waals surface area contributed by atoms with Crippen LogP contribution in [0.4, 0.5) is 0 Å². The summed E-state index contributed by atoms with van der Waals surface area (Å²) in [5, 5.41) is 4.81. The highest BCUT2D eigenvalue weighted by Crippen LogP contribution is 2.42. The maximum Gasteiger partial charge on any atom is 0.132 e. The topological polar surface area (TPSA) is 35.3 Å². The van der Waals surface area contributed by atoms with Crippen molar-refractivity contribution in [1.29, 1.82) is 0 Å². The molecule has 2 aromatic rings. The van der Waals surface area contributed by atoms with Crippen molar-refractivity contribution in [3.63, 3.8) is 0 Å². The quantitative estimate of drug-likeness (QED) is 0.545. The zero-order valence-corrected chi connectivity index (χ0v) is 14.3. The van der Waals surface area contributed by atoms with Crippen molar-refractivity contribution in [2.24, 2.45) is 0 Å². The van der Waals surface area contributed by atoms with Gasteiger partial charge in [-0.3, -0.25) is 0 Å². The lowest BCUT2D eigenvalue weighted by Gasteiger charge is -2.15. The van der Waals surface area contributed by atoms with Gasteiger partial charge in [-0.1, -0.05) is 35.9 Å². The van der Waals surface area contributed by atoms with E-state index >= 15 is 0 Å². The molecule has 0 radical (unpaired) electrons. The van der Waals surface area contributed by atoms with Crippen molar-refractivity contribution in [1.82, 2.24) is 5.16 Å². The third kappa shape index (κ3) is 2.90. The van der Waals surface area contributed by atoms with E-state index in [0.717, 1.165) is 47.4 Å². The van der Waals surface area contributed by atoms with Crippen LogP contribution in [-0.4, -0.2) is 16.6 Å². The number of aromatic nitrogens is 1. The van der Waals surface area contributed by atoms with E-state index in [1.165, 1.54) is 0 Å². The first-order valence-corrected chi connectivity index (χ1v) is 8.33. The van der Waals surface area contributed by atoms with Crippen LogP contribution in [-0.2, 0) is 0 Å². The summed E-state index contributed by atoms with van der Waals surface area (Å²) in [6, 6.07) is 3.79. The number of hydrogen-bond acceptors (Lipinski definition) is 4. The largest absolute Gasteiger partial charge is 0.493 e. The van der Waals surface area contributed by atoms with Crippen LogP contribution >= 0.6 is 23.8 Å². The van der Waals surface area contributed by atoms with E-state index in [9.17, 15) is 0 Å². The van der Waals surface area contributed by atoms with E-state index < -0.39 is 0 Å². The molecule has 5 heteroatoms. The zero-order valence-electron chi connectivity index (χ0n) is 12.7. The minimum Gasteiger partial charge on any atom is -0.493 e. The number of hydrogen-bond donors (Lipinski definition) is 0. The Kier molecular flexibility index (Phi) is 4.50. The van der Waals surface area contributed by atoms with Crippen molar-refractivity contribution in [3.8, 4) is 5.75 Å². The van der Waals surface area contributed by atoms with Crippen LogP contribution < -0.4 is 4.74 Å². The fourth-order valence-corrected chi connectivity index (χ4v) is 2.91. The van der Waals surface area contributed by atoms with Gasteiger partial charge in [-0.05, 0) is 38.3 Å². The molecule has 1 saturated carbocycles. The van der Waals surface area contributed by atoms with E-state index in [1.807, 2.05) is 19.1 Å². The Morgan fingerprint density at radius 3 is 2.86 bits per heavy atom. The van der Waals surface area contributed by atoms with Crippen LogP contribution in [0.1, 0.15) is 54.5 Å². The van der Waals surface area contributed by atoms with Gasteiger partial charge in [-0.25, -0.2) is 0 Å². The summed E-state index contributed by atoms with van der Waals surface area (Å²) < 4.78 is 11.1. The molecule has 116 valence electrons. The lowest BCUT2D eigenvalue weighted by atomic mass is 10.0. The lowest BCUT2D eigenvalue weighted by Crippen LogP contribution is -2.08. The first-order valence-electron chi connectivity index (χ1n) is 7.54. The van der Waals surface area contributed by atoms with Crippen LogP contribution in [0.15, 0.2) is 22.9 Å². The Balaban J connectivity index is 2.01. The average Bonchev–Trinajstić information content (AvgIpc) is 3.25. The normalized spacial score (nSPS) is 14.1. The molecule has 22 heavy (non-hydrogen) atoms. The maximum absolute atomic E-state index is 6.23. The second kappa shape index (κ2) is 6.39. The molecule has 0 saturated heterocycles. The number of halogens is 1. The molecule has 0 bridgehead atoms. The maximum atomic E-state index is 6.23. The molecular formula is C17H18ClNO2S. The zero-order chi connectivity index (χ0) is 15.7. The molecule has 0 spiro atoms. The number of nitrogens with zero attached hydrogens (tertiary/aromatic N) is 1. The van der Waals surface area contributed by atoms with Gasteiger partial charge in [0.1, 0.15) is 12.0 Å². The molecule has 0 aliphatic heterocycles. The Labute approximate surface area is 140 Å². The summed E-state index contributed by atoms with van der Waals surface area (Å²) in [6.45, 7) is 4.66. The van der Waals surface area contributed by atoms with E-state index in [-0.39, 0.29) is 0 Å². The van der Waals surface area contributed by atoms with Gasteiger partial charge in [-0.15, -0.1) is 0 Å². The van der Waals surface area contributed by atoms with Gasteiger partial charge >= 0.3 is 0 Å². The Hall–Kier alpha value is -1.39. The van der Waals surface area contributed by atoms with Crippen molar-refractivity contribution in [2.45, 2.75) is 39.0 Å². The average molecular weight is 336 g/mol. The number of thiocarbonyl (C=S) groups is 1. The summed E-state index contributed by atoms with van der Waals surface area (Å²) >= 11 is 11.9. The molecule has 1 heterocycles. The number of rotatable bonds is 6. The highest BCUT2D eigenvalue weighted by molar-refractivity contribution is 7.81. The number of ether oxygens (including phenoxy) is 1. The molecule has 1 aliphatic carbocycles. The minimum absolute atomic E-state index is 0.486. The summed E-state index contributed by atoms with van der Waals surface area (Å²) in [6.07, 6.45) is 4.88. The molecule has 3 rings (SSSR count). The molecule has 1 aromatic carbocycles. The SMILES string of the molecule is CCCOc1c(C(=S)c2conc2C2CC2)ccc(Cl)c1C. The monoisotopic (exact) mass is 335 g/mol. The lowest BCUT2D eigenvalue weighted by molar-refractivity contribution is 0.315. The Morgan fingerprint density at radius 2 is 2.18 bits per heavy atom. The van der Waals surface area contributed by atoms with Gasteiger partial charge < -0.3 is 9.26 Å². The minimum atomic E-state index is 0.486. The van der Waals surface area contributed by atoms with Gasteiger partial charge in [-0.2, -0.15) is 0 Å². The smallest absolute Gasteiger partial charge is 0.132 e. The predicted molar refractivity (Wildman–Crippen MR) is 91.3 cm³/mol. The Bertz CT molecular complexity index is 707. The molecule has 3 nitrogen and oxygen atoms in total. The summed E-state index contributed by atoms with van der Waals surface area (Å²) in [7, 11) is 0. The molecule has 0 atom stereocenters. The molecule has 1 fully saturated rings. The second-order valence-electron chi connectivity index (χ2n) is 5.61. The molecule has 0 amide bonds. The molecule has 0 N–H and O–H groups in total. The van der Waals surface area contributed by atoms with Gasteiger partial charge in [0.15, 0.2) is 0 Å². The van der Waals surface area contributed by atoms with Gasteiger partial charge in [0.2, 0.25) is 0 Å².